The minimum atomic E-state index is -0.301. The third kappa shape index (κ3) is 3.07. The molecular weight excluding hydrogens is 239 g/mol. The first-order valence-electron chi connectivity index (χ1n) is 7.12. The Bertz CT molecular complexity index is 490. The van der Waals surface area contributed by atoms with Crippen LogP contribution in [0.3, 0.4) is 0 Å². The van der Waals surface area contributed by atoms with Crippen LogP contribution in [0.25, 0.3) is 0 Å². The first kappa shape index (κ1) is 13.9. The first-order valence-corrected chi connectivity index (χ1v) is 7.12. The Hall–Kier alpha value is -1.56. The summed E-state index contributed by atoms with van der Waals surface area (Å²) in [5, 5.41) is 12.4. The van der Waals surface area contributed by atoms with Gasteiger partial charge in [0.15, 0.2) is 0 Å². The molecule has 2 unspecified atom stereocenters. The molecule has 0 aromatic heterocycles. The molecule has 0 aliphatic heterocycles. The highest BCUT2D eigenvalue weighted by molar-refractivity contribution is 5.56. The molecule has 0 bridgehead atoms. The molecule has 0 amide bonds. The lowest BCUT2D eigenvalue weighted by Crippen LogP contribution is -2.32. The summed E-state index contributed by atoms with van der Waals surface area (Å²) in [6, 6.07) is 5.49. The van der Waals surface area contributed by atoms with E-state index in [2.05, 4.69) is 12.2 Å². The van der Waals surface area contributed by atoms with Crippen molar-refractivity contribution in [3.8, 4) is 6.07 Å². The zero-order valence-electron chi connectivity index (χ0n) is 11.7. The maximum absolute atomic E-state index is 13.8. The van der Waals surface area contributed by atoms with Gasteiger partial charge in [0.2, 0.25) is 0 Å². The maximum atomic E-state index is 13.8. The number of nitriles is 1. The van der Waals surface area contributed by atoms with Crippen LogP contribution in [0.2, 0.25) is 0 Å². The van der Waals surface area contributed by atoms with E-state index >= 15 is 0 Å². The van der Waals surface area contributed by atoms with Crippen LogP contribution in [0.4, 0.5) is 10.1 Å². The van der Waals surface area contributed by atoms with E-state index in [9.17, 15) is 4.39 Å². The third-order valence-electron chi connectivity index (χ3n) is 4.25. The molecule has 2 nitrogen and oxygen atoms in total. The second-order valence-electron chi connectivity index (χ2n) is 5.45. The summed E-state index contributed by atoms with van der Waals surface area (Å²) in [6.45, 7) is 3.98. The van der Waals surface area contributed by atoms with E-state index in [4.69, 9.17) is 5.26 Å². The zero-order valence-corrected chi connectivity index (χ0v) is 11.7. The van der Waals surface area contributed by atoms with Gasteiger partial charge in [-0.05, 0) is 37.8 Å². The van der Waals surface area contributed by atoms with Crippen molar-refractivity contribution in [1.82, 2.24) is 0 Å². The van der Waals surface area contributed by atoms with Crippen LogP contribution >= 0.6 is 0 Å². The molecular formula is C16H21FN2. The molecule has 1 aromatic rings. The average Bonchev–Trinajstić information content (AvgIpc) is 2.44. The molecule has 19 heavy (non-hydrogen) atoms. The van der Waals surface area contributed by atoms with Crippen LogP contribution in [-0.4, -0.2) is 6.04 Å². The molecule has 0 spiro atoms. The minimum absolute atomic E-state index is 0.301. The molecule has 1 N–H and O–H groups in total. The monoisotopic (exact) mass is 260 g/mol. The molecule has 1 aliphatic carbocycles. The summed E-state index contributed by atoms with van der Waals surface area (Å²) in [5.41, 5.74) is 1.77. The van der Waals surface area contributed by atoms with E-state index in [0.29, 0.717) is 23.1 Å². The number of nitrogens with one attached hydrogen (secondary N) is 1. The van der Waals surface area contributed by atoms with Crippen molar-refractivity contribution in [2.75, 3.05) is 5.32 Å². The Morgan fingerprint density at radius 2 is 2.11 bits per heavy atom. The molecule has 3 heteroatoms. The Morgan fingerprint density at radius 1 is 1.37 bits per heavy atom. The van der Waals surface area contributed by atoms with Crippen LogP contribution in [0.1, 0.15) is 50.2 Å². The van der Waals surface area contributed by atoms with Gasteiger partial charge in [-0.25, -0.2) is 4.39 Å². The second-order valence-corrected chi connectivity index (χ2v) is 5.45. The van der Waals surface area contributed by atoms with Gasteiger partial charge in [-0.15, -0.1) is 0 Å². The predicted molar refractivity (Wildman–Crippen MR) is 75.5 cm³/mol. The molecule has 2 rings (SSSR count). The molecule has 102 valence electrons. The molecule has 1 saturated carbocycles. The molecule has 1 aromatic carbocycles. The minimum Gasteiger partial charge on any atom is -0.382 e. The number of hydrogen-bond donors (Lipinski definition) is 1. The summed E-state index contributed by atoms with van der Waals surface area (Å²) in [5.74, 6) is 0.354. The van der Waals surface area contributed by atoms with Gasteiger partial charge in [-0.2, -0.15) is 5.26 Å². The van der Waals surface area contributed by atoms with Gasteiger partial charge in [0.1, 0.15) is 5.82 Å². The van der Waals surface area contributed by atoms with Gasteiger partial charge in [-0.3, -0.25) is 0 Å². The predicted octanol–water partition coefficient (Wildman–Crippen LogP) is 4.39. The highest BCUT2D eigenvalue weighted by Gasteiger charge is 2.24. The standard InChI is InChI=1S/C16H21FN2/c1-3-13-6-4-5-7-15(13)19-16-9-12(10-18)8-14(17)11(16)2/h8-9,13,15,19H,3-7H2,1-2H3. The fourth-order valence-electron chi connectivity index (χ4n) is 2.98. The summed E-state index contributed by atoms with van der Waals surface area (Å²) in [6.07, 6.45) is 6.05. The van der Waals surface area contributed by atoms with E-state index in [-0.39, 0.29) is 5.82 Å². The van der Waals surface area contributed by atoms with E-state index in [1.165, 1.54) is 25.3 Å². The smallest absolute Gasteiger partial charge is 0.129 e. The first-order chi connectivity index (χ1) is 9.15. The van der Waals surface area contributed by atoms with Crippen molar-refractivity contribution < 1.29 is 4.39 Å². The number of nitrogens with zero attached hydrogens (tertiary/aromatic N) is 1. The average molecular weight is 260 g/mol. The topological polar surface area (TPSA) is 35.8 Å². The lowest BCUT2D eigenvalue weighted by molar-refractivity contribution is 0.317. The number of anilines is 1. The van der Waals surface area contributed by atoms with Crippen molar-refractivity contribution in [2.24, 2.45) is 5.92 Å². The summed E-state index contributed by atoms with van der Waals surface area (Å²) >= 11 is 0. The van der Waals surface area contributed by atoms with Crippen molar-refractivity contribution >= 4 is 5.69 Å². The molecule has 0 heterocycles. The molecule has 0 saturated heterocycles. The van der Waals surface area contributed by atoms with E-state index in [1.54, 1.807) is 13.0 Å². The fourth-order valence-corrected chi connectivity index (χ4v) is 2.98. The van der Waals surface area contributed by atoms with Crippen LogP contribution in [-0.2, 0) is 0 Å². The van der Waals surface area contributed by atoms with E-state index in [1.807, 2.05) is 6.07 Å². The Labute approximate surface area is 114 Å². The van der Waals surface area contributed by atoms with Crippen LogP contribution < -0.4 is 5.32 Å². The molecule has 1 aliphatic rings. The van der Waals surface area contributed by atoms with E-state index in [0.717, 1.165) is 18.5 Å². The third-order valence-corrected chi connectivity index (χ3v) is 4.25. The maximum Gasteiger partial charge on any atom is 0.129 e. The van der Waals surface area contributed by atoms with Gasteiger partial charge in [0, 0.05) is 17.3 Å². The van der Waals surface area contributed by atoms with Crippen LogP contribution in [0.5, 0.6) is 0 Å². The Kier molecular flexibility index (Phi) is 4.42. The molecule has 1 fully saturated rings. The Balaban J connectivity index is 2.22. The van der Waals surface area contributed by atoms with Crippen molar-refractivity contribution in [1.29, 1.82) is 5.26 Å². The summed E-state index contributed by atoms with van der Waals surface area (Å²) in [4.78, 5) is 0. The molecule has 2 atom stereocenters. The SMILES string of the molecule is CCC1CCCCC1Nc1cc(C#N)cc(F)c1C. The highest BCUT2D eigenvalue weighted by Crippen LogP contribution is 2.31. The van der Waals surface area contributed by atoms with Gasteiger partial charge >= 0.3 is 0 Å². The quantitative estimate of drug-likeness (QED) is 0.875. The van der Waals surface area contributed by atoms with E-state index < -0.39 is 0 Å². The molecule has 0 radical (unpaired) electrons. The van der Waals surface area contributed by atoms with Gasteiger partial charge in [-0.1, -0.05) is 26.2 Å². The number of benzene rings is 1. The lowest BCUT2D eigenvalue weighted by Gasteiger charge is -2.32. The van der Waals surface area contributed by atoms with Gasteiger partial charge < -0.3 is 5.32 Å². The summed E-state index contributed by atoms with van der Waals surface area (Å²) < 4.78 is 13.8. The van der Waals surface area contributed by atoms with Crippen molar-refractivity contribution in [3.63, 3.8) is 0 Å². The number of hydrogen-bond acceptors (Lipinski definition) is 2. The largest absolute Gasteiger partial charge is 0.382 e. The van der Waals surface area contributed by atoms with Crippen molar-refractivity contribution in [3.05, 3.63) is 29.1 Å². The highest BCUT2D eigenvalue weighted by atomic mass is 19.1. The zero-order chi connectivity index (χ0) is 13.8. The summed E-state index contributed by atoms with van der Waals surface area (Å²) in [7, 11) is 0. The number of rotatable bonds is 3. The van der Waals surface area contributed by atoms with Crippen LogP contribution in [0, 0.1) is 30.0 Å². The Morgan fingerprint density at radius 3 is 2.79 bits per heavy atom. The van der Waals surface area contributed by atoms with Crippen molar-refractivity contribution in [2.45, 2.75) is 52.0 Å². The lowest BCUT2D eigenvalue weighted by atomic mass is 9.82. The van der Waals surface area contributed by atoms with Crippen LogP contribution in [0.15, 0.2) is 12.1 Å². The number of halogens is 1. The normalized spacial score (nSPS) is 22.8. The van der Waals surface area contributed by atoms with Gasteiger partial charge in [0.25, 0.3) is 0 Å². The fraction of sp³-hybridized carbons (Fsp3) is 0.562. The second kappa shape index (κ2) is 6.06. The van der Waals surface area contributed by atoms with Gasteiger partial charge in [0.05, 0.1) is 11.6 Å².